The zero-order chi connectivity index (χ0) is 21.3. The highest BCUT2D eigenvalue weighted by molar-refractivity contribution is 5.89. The molecule has 0 unspecified atom stereocenters. The number of aryl methyl sites for hydroxylation is 2. The number of hydrogen-bond acceptors (Lipinski definition) is 3. The molecule has 30 heavy (non-hydrogen) atoms. The molecule has 5 nitrogen and oxygen atoms in total. The lowest BCUT2D eigenvalue weighted by atomic mass is 10.0. The van der Waals surface area contributed by atoms with Gasteiger partial charge in [-0.05, 0) is 68.7 Å². The van der Waals surface area contributed by atoms with Gasteiger partial charge in [0.1, 0.15) is 0 Å². The van der Waals surface area contributed by atoms with Gasteiger partial charge in [-0.2, -0.15) is 0 Å². The van der Waals surface area contributed by atoms with E-state index in [4.69, 9.17) is 4.74 Å². The number of benzene rings is 1. The molecule has 1 N–H and O–H groups in total. The highest BCUT2D eigenvalue weighted by atomic mass is 19.3. The molecule has 2 saturated heterocycles. The maximum absolute atomic E-state index is 14.1. The predicted octanol–water partition coefficient (Wildman–Crippen LogP) is 4.44. The SMILES string of the molecule is Cc1ccc(NC(=O)N2CCC(N3CC(F)(F)C[C@H]3COCC3CC3)CC2)cc1C. The van der Waals surface area contributed by atoms with Gasteiger partial charge in [-0.3, -0.25) is 4.90 Å². The predicted molar refractivity (Wildman–Crippen MR) is 113 cm³/mol. The Morgan fingerprint density at radius 3 is 2.53 bits per heavy atom. The van der Waals surface area contributed by atoms with Crippen LogP contribution in [0.3, 0.4) is 0 Å². The molecular formula is C23H33F2N3O2. The largest absolute Gasteiger partial charge is 0.380 e. The summed E-state index contributed by atoms with van der Waals surface area (Å²) in [7, 11) is 0. The number of urea groups is 1. The number of carbonyl (C=O) groups excluding carboxylic acids is 1. The molecule has 2 aliphatic heterocycles. The van der Waals surface area contributed by atoms with Crippen molar-refractivity contribution < 1.29 is 18.3 Å². The fourth-order valence-corrected chi connectivity index (χ4v) is 4.58. The molecule has 0 spiro atoms. The maximum Gasteiger partial charge on any atom is 0.321 e. The van der Waals surface area contributed by atoms with Gasteiger partial charge >= 0.3 is 6.03 Å². The van der Waals surface area contributed by atoms with Gasteiger partial charge in [0, 0.05) is 43.9 Å². The van der Waals surface area contributed by atoms with E-state index in [2.05, 4.69) is 5.32 Å². The Bertz CT molecular complexity index is 761. The third-order valence-corrected chi connectivity index (χ3v) is 6.76. The standard InChI is InChI=1S/C23H33F2N3O2/c1-16-3-6-19(11-17(16)2)26-22(29)27-9-7-20(8-10-27)28-15-23(24,25)12-21(28)14-30-13-18-4-5-18/h3,6,11,18,20-21H,4-5,7-10,12-15H2,1-2H3,(H,26,29)/t21-/m0/s1. The van der Waals surface area contributed by atoms with Crippen LogP contribution in [0.15, 0.2) is 18.2 Å². The summed E-state index contributed by atoms with van der Waals surface area (Å²) in [6, 6.07) is 5.62. The number of hydrogen-bond donors (Lipinski definition) is 1. The van der Waals surface area contributed by atoms with Crippen molar-refractivity contribution in [2.45, 2.75) is 64.0 Å². The van der Waals surface area contributed by atoms with E-state index in [9.17, 15) is 13.6 Å². The fraction of sp³-hybridized carbons (Fsp3) is 0.696. The van der Waals surface area contributed by atoms with Crippen LogP contribution in [-0.2, 0) is 4.74 Å². The fourth-order valence-electron chi connectivity index (χ4n) is 4.58. The lowest BCUT2D eigenvalue weighted by Crippen LogP contribution is -2.50. The molecule has 3 fully saturated rings. The summed E-state index contributed by atoms with van der Waals surface area (Å²) in [6.07, 6.45) is 3.72. The minimum Gasteiger partial charge on any atom is -0.380 e. The molecule has 0 bridgehead atoms. The average Bonchev–Trinajstić information content (AvgIpc) is 3.47. The van der Waals surface area contributed by atoms with Gasteiger partial charge in [0.05, 0.1) is 13.2 Å². The monoisotopic (exact) mass is 421 g/mol. The summed E-state index contributed by atoms with van der Waals surface area (Å²) in [5.41, 5.74) is 3.11. The third-order valence-electron chi connectivity index (χ3n) is 6.76. The van der Waals surface area contributed by atoms with Crippen LogP contribution < -0.4 is 5.32 Å². The first kappa shape index (κ1) is 21.5. The minimum atomic E-state index is -2.65. The second-order valence-corrected chi connectivity index (χ2v) is 9.31. The van der Waals surface area contributed by atoms with Crippen molar-refractivity contribution in [2.24, 2.45) is 5.92 Å². The highest BCUT2D eigenvalue weighted by Gasteiger charge is 2.47. The van der Waals surface area contributed by atoms with Crippen molar-refractivity contribution >= 4 is 11.7 Å². The van der Waals surface area contributed by atoms with Gasteiger partial charge in [-0.15, -0.1) is 0 Å². The van der Waals surface area contributed by atoms with E-state index in [0.717, 1.165) is 24.1 Å². The molecule has 1 atom stereocenters. The Hall–Kier alpha value is -1.73. The van der Waals surface area contributed by atoms with Crippen LogP contribution in [0, 0.1) is 19.8 Å². The molecule has 2 heterocycles. The molecule has 4 rings (SSSR count). The second-order valence-electron chi connectivity index (χ2n) is 9.31. The molecule has 1 saturated carbocycles. The molecule has 7 heteroatoms. The van der Waals surface area contributed by atoms with Crippen LogP contribution in [-0.4, -0.2) is 66.7 Å². The Morgan fingerprint density at radius 2 is 1.87 bits per heavy atom. The van der Waals surface area contributed by atoms with Crippen LogP contribution in [0.4, 0.5) is 19.3 Å². The van der Waals surface area contributed by atoms with Gasteiger partial charge in [0.15, 0.2) is 0 Å². The smallest absolute Gasteiger partial charge is 0.321 e. The molecule has 1 aromatic carbocycles. The van der Waals surface area contributed by atoms with Crippen molar-refractivity contribution in [3.8, 4) is 0 Å². The van der Waals surface area contributed by atoms with Crippen molar-refractivity contribution in [2.75, 3.05) is 38.2 Å². The van der Waals surface area contributed by atoms with Crippen molar-refractivity contribution in [1.82, 2.24) is 9.80 Å². The average molecular weight is 422 g/mol. The molecular weight excluding hydrogens is 388 g/mol. The summed E-state index contributed by atoms with van der Waals surface area (Å²) in [5.74, 6) is -2.01. The zero-order valence-corrected chi connectivity index (χ0v) is 18.0. The lowest BCUT2D eigenvalue weighted by Gasteiger charge is -2.39. The Morgan fingerprint density at radius 1 is 1.13 bits per heavy atom. The topological polar surface area (TPSA) is 44.8 Å². The normalized spacial score (nSPS) is 24.9. The van der Waals surface area contributed by atoms with Crippen molar-refractivity contribution in [1.29, 1.82) is 0 Å². The number of nitrogens with zero attached hydrogens (tertiary/aromatic N) is 2. The highest BCUT2D eigenvalue weighted by Crippen LogP contribution is 2.36. The third kappa shape index (κ3) is 5.30. The van der Waals surface area contributed by atoms with Gasteiger partial charge in [-0.25, -0.2) is 13.6 Å². The summed E-state index contributed by atoms with van der Waals surface area (Å²) in [6.45, 7) is 6.12. The quantitative estimate of drug-likeness (QED) is 0.739. The van der Waals surface area contributed by atoms with Crippen LogP contribution in [0.5, 0.6) is 0 Å². The first-order valence-electron chi connectivity index (χ1n) is 11.2. The Labute approximate surface area is 177 Å². The van der Waals surface area contributed by atoms with Gasteiger partial charge in [-0.1, -0.05) is 6.07 Å². The van der Waals surface area contributed by atoms with Crippen LogP contribution in [0.1, 0.15) is 43.2 Å². The molecule has 0 radical (unpaired) electrons. The van der Waals surface area contributed by atoms with E-state index in [1.54, 1.807) is 4.90 Å². The number of piperidine rings is 1. The van der Waals surface area contributed by atoms with Crippen LogP contribution >= 0.6 is 0 Å². The van der Waals surface area contributed by atoms with Crippen molar-refractivity contribution in [3.63, 3.8) is 0 Å². The van der Waals surface area contributed by atoms with E-state index >= 15 is 0 Å². The lowest BCUT2D eigenvalue weighted by molar-refractivity contribution is 0.00378. The molecule has 3 aliphatic rings. The maximum atomic E-state index is 14.1. The number of likely N-dealkylation sites (tertiary alicyclic amines) is 2. The molecule has 2 amide bonds. The van der Waals surface area contributed by atoms with Gasteiger partial charge in [0.2, 0.25) is 0 Å². The summed E-state index contributed by atoms with van der Waals surface area (Å²) in [5, 5.41) is 2.96. The number of anilines is 1. The number of halogens is 2. The molecule has 1 aliphatic carbocycles. The first-order chi connectivity index (χ1) is 14.3. The number of rotatable bonds is 6. The van der Waals surface area contributed by atoms with E-state index in [1.165, 1.54) is 18.4 Å². The second kappa shape index (κ2) is 8.79. The number of carbonyl (C=O) groups is 1. The van der Waals surface area contributed by atoms with Crippen LogP contribution in [0.25, 0.3) is 0 Å². The van der Waals surface area contributed by atoms with E-state index < -0.39 is 5.92 Å². The van der Waals surface area contributed by atoms with E-state index in [1.807, 2.05) is 36.9 Å². The summed E-state index contributed by atoms with van der Waals surface area (Å²) >= 11 is 0. The minimum absolute atomic E-state index is 0.0820. The number of nitrogens with one attached hydrogen (secondary N) is 1. The van der Waals surface area contributed by atoms with E-state index in [-0.39, 0.29) is 31.1 Å². The van der Waals surface area contributed by atoms with E-state index in [0.29, 0.717) is 32.2 Å². The Kier molecular flexibility index (Phi) is 6.30. The number of amides is 2. The summed E-state index contributed by atoms with van der Waals surface area (Å²) < 4.78 is 34.0. The molecule has 0 aromatic heterocycles. The summed E-state index contributed by atoms with van der Waals surface area (Å²) in [4.78, 5) is 16.4. The van der Waals surface area contributed by atoms with Gasteiger partial charge in [0.25, 0.3) is 5.92 Å². The van der Waals surface area contributed by atoms with Gasteiger partial charge < -0.3 is 15.0 Å². The molecule has 166 valence electrons. The number of ether oxygens (including phenoxy) is 1. The number of alkyl halides is 2. The Balaban J connectivity index is 1.28. The molecule has 1 aromatic rings. The van der Waals surface area contributed by atoms with Crippen LogP contribution in [0.2, 0.25) is 0 Å². The van der Waals surface area contributed by atoms with Crippen molar-refractivity contribution in [3.05, 3.63) is 29.3 Å². The first-order valence-corrected chi connectivity index (χ1v) is 11.2. The zero-order valence-electron chi connectivity index (χ0n) is 18.0.